The predicted octanol–water partition coefficient (Wildman–Crippen LogP) is 0.243. The summed E-state index contributed by atoms with van der Waals surface area (Å²) in [6, 6.07) is 0. The van der Waals surface area contributed by atoms with Gasteiger partial charge in [0, 0.05) is 0 Å². The van der Waals surface area contributed by atoms with Crippen LogP contribution in [0, 0.1) is 24.7 Å². The van der Waals surface area contributed by atoms with Crippen molar-refractivity contribution in [2.45, 2.75) is 19.5 Å². The van der Waals surface area contributed by atoms with Crippen molar-refractivity contribution in [2.24, 2.45) is 0 Å². The van der Waals surface area contributed by atoms with Gasteiger partial charge in [-0.05, 0) is 13.0 Å². The summed E-state index contributed by atoms with van der Waals surface area (Å²) in [6.45, 7) is 3.08. The number of hydrogen-bond donors (Lipinski definition) is 2. The SMILES string of the molecule is C#CCN(OC)c1ncnc(NC(C#C)NCCC)n1. The Morgan fingerprint density at radius 3 is 2.85 bits per heavy atom. The molecule has 1 aromatic rings. The Morgan fingerprint density at radius 1 is 1.45 bits per heavy atom. The lowest BCUT2D eigenvalue weighted by Crippen LogP contribution is -2.36. The number of hydroxylamine groups is 1. The third-order valence-corrected chi connectivity index (χ3v) is 2.28. The van der Waals surface area contributed by atoms with Gasteiger partial charge in [0.1, 0.15) is 19.0 Å². The molecule has 1 aromatic heterocycles. The van der Waals surface area contributed by atoms with Crippen molar-refractivity contribution >= 4 is 11.9 Å². The molecule has 1 unspecified atom stereocenters. The van der Waals surface area contributed by atoms with E-state index in [0.717, 1.165) is 13.0 Å². The van der Waals surface area contributed by atoms with Crippen LogP contribution in [0.2, 0.25) is 0 Å². The summed E-state index contributed by atoms with van der Waals surface area (Å²) in [6.07, 6.45) is 12.7. The second-order valence-electron chi connectivity index (χ2n) is 3.73. The molecule has 20 heavy (non-hydrogen) atoms. The van der Waals surface area contributed by atoms with E-state index in [0.29, 0.717) is 11.9 Å². The Morgan fingerprint density at radius 2 is 2.25 bits per heavy atom. The molecule has 0 aliphatic rings. The maximum absolute atomic E-state index is 5.43. The first-order valence-electron chi connectivity index (χ1n) is 6.15. The number of anilines is 2. The van der Waals surface area contributed by atoms with Crippen LogP contribution in [-0.4, -0.2) is 41.3 Å². The van der Waals surface area contributed by atoms with Crippen molar-refractivity contribution in [2.75, 3.05) is 30.6 Å². The smallest absolute Gasteiger partial charge is 0.255 e. The van der Waals surface area contributed by atoms with Crippen LogP contribution >= 0.6 is 0 Å². The molecular weight excluding hydrogens is 256 g/mol. The fraction of sp³-hybridized carbons (Fsp3) is 0.462. The van der Waals surface area contributed by atoms with Gasteiger partial charge in [-0.2, -0.15) is 9.97 Å². The van der Waals surface area contributed by atoms with Crippen molar-refractivity contribution in [3.8, 4) is 24.7 Å². The van der Waals surface area contributed by atoms with Crippen molar-refractivity contribution in [3.63, 3.8) is 0 Å². The summed E-state index contributed by atoms with van der Waals surface area (Å²) in [5, 5.41) is 7.48. The van der Waals surface area contributed by atoms with Crippen LogP contribution in [-0.2, 0) is 4.84 Å². The van der Waals surface area contributed by atoms with Crippen LogP contribution in [0.15, 0.2) is 6.33 Å². The van der Waals surface area contributed by atoms with Gasteiger partial charge in [0.25, 0.3) is 5.95 Å². The van der Waals surface area contributed by atoms with Crippen molar-refractivity contribution in [1.82, 2.24) is 20.3 Å². The minimum atomic E-state index is -0.353. The molecule has 0 bridgehead atoms. The maximum atomic E-state index is 5.43. The fourth-order valence-corrected chi connectivity index (χ4v) is 1.35. The lowest BCUT2D eigenvalue weighted by molar-refractivity contribution is 0.171. The molecule has 0 saturated heterocycles. The van der Waals surface area contributed by atoms with Crippen molar-refractivity contribution < 1.29 is 4.84 Å². The summed E-state index contributed by atoms with van der Waals surface area (Å²) in [5.41, 5.74) is 0. The summed E-state index contributed by atoms with van der Waals surface area (Å²) >= 11 is 0. The van der Waals surface area contributed by atoms with Gasteiger partial charge in [-0.15, -0.1) is 12.8 Å². The second-order valence-corrected chi connectivity index (χ2v) is 3.73. The molecule has 0 radical (unpaired) electrons. The Kier molecular flexibility index (Phi) is 6.83. The zero-order valence-electron chi connectivity index (χ0n) is 11.6. The van der Waals surface area contributed by atoms with Crippen molar-refractivity contribution in [1.29, 1.82) is 0 Å². The highest BCUT2D eigenvalue weighted by molar-refractivity contribution is 5.36. The highest BCUT2D eigenvalue weighted by Gasteiger charge is 2.11. The summed E-state index contributed by atoms with van der Waals surface area (Å²) in [5.74, 6) is 5.69. The van der Waals surface area contributed by atoms with E-state index in [1.54, 1.807) is 0 Å². The molecule has 7 heteroatoms. The van der Waals surface area contributed by atoms with Gasteiger partial charge < -0.3 is 5.32 Å². The predicted molar refractivity (Wildman–Crippen MR) is 77.6 cm³/mol. The normalized spacial score (nSPS) is 11.2. The van der Waals surface area contributed by atoms with Crippen LogP contribution < -0.4 is 15.7 Å². The van der Waals surface area contributed by atoms with Crippen LogP contribution in [0.3, 0.4) is 0 Å². The second kappa shape index (κ2) is 8.70. The summed E-state index contributed by atoms with van der Waals surface area (Å²) < 4.78 is 0. The number of nitrogens with zero attached hydrogens (tertiary/aromatic N) is 4. The molecule has 1 rings (SSSR count). The average Bonchev–Trinajstić information content (AvgIpc) is 2.49. The van der Waals surface area contributed by atoms with E-state index in [9.17, 15) is 0 Å². The van der Waals surface area contributed by atoms with Crippen LogP contribution in [0.1, 0.15) is 13.3 Å². The summed E-state index contributed by atoms with van der Waals surface area (Å²) in [4.78, 5) is 17.3. The molecule has 0 fully saturated rings. The quantitative estimate of drug-likeness (QED) is 0.399. The Hall–Kier alpha value is -2.35. The van der Waals surface area contributed by atoms with E-state index in [1.807, 2.05) is 0 Å². The van der Waals surface area contributed by atoms with Gasteiger partial charge in [-0.1, -0.05) is 18.8 Å². The lowest BCUT2D eigenvalue weighted by Gasteiger charge is -2.18. The minimum Gasteiger partial charge on any atom is -0.328 e. The van der Waals surface area contributed by atoms with E-state index in [4.69, 9.17) is 17.7 Å². The van der Waals surface area contributed by atoms with Crippen LogP contribution in [0.25, 0.3) is 0 Å². The van der Waals surface area contributed by atoms with Crippen molar-refractivity contribution in [3.05, 3.63) is 6.33 Å². The number of rotatable bonds is 8. The van der Waals surface area contributed by atoms with Gasteiger partial charge in [0.15, 0.2) is 0 Å². The van der Waals surface area contributed by atoms with Gasteiger partial charge >= 0.3 is 0 Å². The minimum absolute atomic E-state index is 0.229. The van der Waals surface area contributed by atoms with E-state index < -0.39 is 0 Å². The van der Waals surface area contributed by atoms with E-state index in [2.05, 4.69) is 44.4 Å². The molecule has 7 nitrogen and oxygen atoms in total. The molecule has 0 aromatic carbocycles. The molecule has 0 spiro atoms. The number of aromatic nitrogens is 3. The maximum Gasteiger partial charge on any atom is 0.255 e. The topological polar surface area (TPSA) is 75.2 Å². The van der Waals surface area contributed by atoms with Crippen LogP contribution in [0.5, 0.6) is 0 Å². The van der Waals surface area contributed by atoms with Gasteiger partial charge in [0.2, 0.25) is 5.95 Å². The Bertz CT molecular complexity index is 492. The van der Waals surface area contributed by atoms with Crippen LogP contribution in [0.4, 0.5) is 11.9 Å². The molecule has 0 saturated carbocycles. The largest absolute Gasteiger partial charge is 0.328 e. The van der Waals surface area contributed by atoms with Gasteiger partial charge in [-0.3, -0.25) is 10.2 Å². The molecule has 0 aliphatic carbocycles. The van der Waals surface area contributed by atoms with E-state index in [-0.39, 0.29) is 12.7 Å². The standard InChI is InChI=1S/C13H18N6O/c1-5-8-14-11(7-3)17-12-15-10-16-13(18-12)19(20-4)9-6-2/h2-3,10-11,14H,5,8-9H2,1,4H3,(H,15,16,17,18). The Labute approximate surface area is 119 Å². The molecular formula is C13H18N6O. The molecule has 2 N–H and O–H groups in total. The van der Waals surface area contributed by atoms with E-state index in [1.165, 1.54) is 18.5 Å². The lowest BCUT2D eigenvalue weighted by atomic mass is 10.4. The molecule has 1 heterocycles. The number of nitrogens with one attached hydrogen (secondary N) is 2. The first-order chi connectivity index (χ1) is 9.74. The first kappa shape index (κ1) is 15.7. The molecule has 1 atom stereocenters. The number of terminal acetylenes is 2. The fourth-order valence-electron chi connectivity index (χ4n) is 1.35. The zero-order valence-corrected chi connectivity index (χ0v) is 11.6. The summed E-state index contributed by atoms with van der Waals surface area (Å²) in [7, 11) is 1.49. The monoisotopic (exact) mass is 274 g/mol. The highest BCUT2D eigenvalue weighted by atomic mass is 16.7. The molecule has 106 valence electrons. The average molecular weight is 274 g/mol. The highest BCUT2D eigenvalue weighted by Crippen LogP contribution is 2.08. The first-order valence-corrected chi connectivity index (χ1v) is 6.15. The number of hydrogen-bond acceptors (Lipinski definition) is 7. The zero-order chi connectivity index (χ0) is 14.8. The third-order valence-electron chi connectivity index (χ3n) is 2.28. The van der Waals surface area contributed by atoms with E-state index >= 15 is 0 Å². The van der Waals surface area contributed by atoms with Gasteiger partial charge in [0.05, 0.1) is 7.11 Å². The molecule has 0 aliphatic heterocycles. The van der Waals surface area contributed by atoms with Gasteiger partial charge in [-0.25, -0.2) is 10.0 Å². The molecule has 0 amide bonds. The third kappa shape index (κ3) is 4.73. The Balaban J connectivity index is 2.77.